The Labute approximate surface area is 199 Å². The van der Waals surface area contributed by atoms with Crippen LogP contribution in [0.1, 0.15) is 27.4 Å². The van der Waals surface area contributed by atoms with Crippen molar-refractivity contribution >= 4 is 27.2 Å². The maximum Gasteiger partial charge on any atom is 0.450 e. The van der Waals surface area contributed by atoms with Crippen molar-refractivity contribution in [3.05, 3.63) is 111 Å². The molecule has 34 heavy (non-hydrogen) atoms. The van der Waals surface area contributed by atoms with Crippen LogP contribution in [0.5, 0.6) is 0 Å². The number of carbonyl (C=O) groups excluding carboxylic acids is 1. The van der Waals surface area contributed by atoms with Crippen LogP contribution in [0.15, 0.2) is 94.4 Å². The summed E-state index contributed by atoms with van der Waals surface area (Å²) in [4.78, 5) is 12.0. The van der Waals surface area contributed by atoms with Crippen LogP contribution < -0.4 is 0 Å². The van der Waals surface area contributed by atoms with Crippen LogP contribution >= 0.6 is 11.6 Å². The molecular formula is C25H18ClF3O4S. The minimum Gasteiger partial charge on any atom is -0.475 e. The van der Waals surface area contributed by atoms with E-state index in [1.165, 1.54) is 60.7 Å². The first-order valence-corrected chi connectivity index (χ1v) is 12.0. The van der Waals surface area contributed by atoms with E-state index >= 15 is 0 Å². The van der Waals surface area contributed by atoms with Crippen LogP contribution in [0.3, 0.4) is 0 Å². The zero-order valence-corrected chi connectivity index (χ0v) is 19.3. The van der Waals surface area contributed by atoms with E-state index in [1.54, 1.807) is 25.1 Å². The van der Waals surface area contributed by atoms with Crippen molar-refractivity contribution in [3.63, 3.8) is 0 Å². The van der Waals surface area contributed by atoms with Gasteiger partial charge >= 0.3 is 6.18 Å². The topological polar surface area (TPSA) is 60.4 Å². The monoisotopic (exact) mass is 506 g/mol. The first-order chi connectivity index (χ1) is 16.0. The summed E-state index contributed by atoms with van der Waals surface area (Å²) in [6, 6.07) is 18.7. The summed E-state index contributed by atoms with van der Waals surface area (Å²) < 4.78 is 74.7. The average molecular weight is 507 g/mol. The third-order valence-electron chi connectivity index (χ3n) is 5.48. The molecule has 0 aliphatic carbocycles. The molecule has 0 spiro atoms. The van der Waals surface area contributed by atoms with Crippen molar-refractivity contribution in [2.75, 3.05) is 0 Å². The molecule has 0 unspecified atom stereocenters. The fourth-order valence-corrected chi connectivity index (χ4v) is 5.72. The number of rotatable bonds is 5. The lowest BCUT2D eigenvalue weighted by molar-refractivity contribution is -0.131. The standard InChI is InChI=1S/C25H18ClF3O4S/c1-15-7-13-19(14-8-15)34(31,32)23-20(16-9-11-18(26)12-10-16)22(33-24(23)25(27,28)29)21(30)17-5-3-2-4-6-17/h2-14,20,22H,1H3/t20-,22+/m1/s1. The van der Waals surface area contributed by atoms with E-state index in [9.17, 15) is 26.4 Å². The van der Waals surface area contributed by atoms with Gasteiger partial charge in [-0.25, -0.2) is 8.42 Å². The Morgan fingerprint density at radius 1 is 0.912 bits per heavy atom. The summed E-state index contributed by atoms with van der Waals surface area (Å²) in [7, 11) is -4.69. The number of ketones is 1. The molecule has 1 heterocycles. The van der Waals surface area contributed by atoms with E-state index in [4.69, 9.17) is 16.3 Å². The molecule has 4 rings (SSSR count). The van der Waals surface area contributed by atoms with Crippen LogP contribution in [-0.2, 0) is 14.6 Å². The van der Waals surface area contributed by atoms with E-state index in [0.29, 0.717) is 5.02 Å². The molecule has 2 atom stereocenters. The molecule has 4 nitrogen and oxygen atoms in total. The number of allylic oxidation sites excluding steroid dienone is 1. The van der Waals surface area contributed by atoms with Crippen LogP contribution in [0.2, 0.25) is 5.02 Å². The average Bonchev–Trinajstić information content (AvgIpc) is 3.22. The van der Waals surface area contributed by atoms with Gasteiger partial charge in [0.15, 0.2) is 6.10 Å². The number of sulfone groups is 1. The molecule has 3 aromatic rings. The Morgan fingerprint density at radius 3 is 2.06 bits per heavy atom. The number of halogens is 4. The molecule has 0 saturated carbocycles. The molecule has 176 valence electrons. The third-order valence-corrected chi connectivity index (χ3v) is 7.64. The van der Waals surface area contributed by atoms with Crippen molar-refractivity contribution in [1.82, 2.24) is 0 Å². The Bertz CT molecular complexity index is 1350. The number of carbonyl (C=O) groups is 1. The van der Waals surface area contributed by atoms with Crippen LogP contribution in [0.4, 0.5) is 13.2 Å². The highest BCUT2D eigenvalue weighted by Gasteiger charge is 2.55. The van der Waals surface area contributed by atoms with Crippen molar-refractivity contribution in [1.29, 1.82) is 0 Å². The molecule has 0 fully saturated rings. The quantitative estimate of drug-likeness (QED) is 0.383. The van der Waals surface area contributed by atoms with Gasteiger partial charge in [-0.15, -0.1) is 0 Å². The molecule has 0 aromatic heterocycles. The normalized spacial score (nSPS) is 18.6. The van der Waals surface area contributed by atoms with E-state index in [-0.39, 0.29) is 16.0 Å². The fourth-order valence-electron chi connectivity index (χ4n) is 3.84. The molecule has 1 aliphatic heterocycles. The summed E-state index contributed by atoms with van der Waals surface area (Å²) in [5.74, 6) is -3.99. The zero-order chi connectivity index (χ0) is 24.7. The van der Waals surface area contributed by atoms with Gasteiger partial charge in [-0.1, -0.05) is 71.8 Å². The number of benzene rings is 3. The summed E-state index contributed by atoms with van der Waals surface area (Å²) in [6.07, 6.45) is -6.89. The van der Waals surface area contributed by atoms with E-state index < -0.39 is 44.5 Å². The smallest absolute Gasteiger partial charge is 0.450 e. The van der Waals surface area contributed by atoms with Crippen molar-refractivity contribution < 1.29 is 31.1 Å². The van der Waals surface area contributed by atoms with Gasteiger partial charge in [-0.3, -0.25) is 4.79 Å². The van der Waals surface area contributed by atoms with E-state index in [0.717, 1.165) is 5.56 Å². The maximum absolute atomic E-state index is 14.1. The molecular weight excluding hydrogens is 489 g/mol. The Morgan fingerprint density at radius 2 is 1.50 bits per heavy atom. The summed E-state index contributed by atoms with van der Waals surface area (Å²) >= 11 is 5.94. The second-order valence-electron chi connectivity index (χ2n) is 7.81. The number of ether oxygens (including phenoxy) is 1. The van der Waals surface area contributed by atoms with Gasteiger partial charge in [0.2, 0.25) is 21.4 Å². The van der Waals surface area contributed by atoms with Gasteiger partial charge in [0.1, 0.15) is 4.91 Å². The molecule has 0 saturated heterocycles. The van der Waals surface area contributed by atoms with Crippen molar-refractivity contribution in [2.45, 2.75) is 30.0 Å². The number of alkyl halides is 3. The van der Waals surface area contributed by atoms with Crippen LogP contribution in [-0.4, -0.2) is 26.5 Å². The number of hydrogen-bond acceptors (Lipinski definition) is 4. The van der Waals surface area contributed by atoms with Gasteiger partial charge in [0.25, 0.3) is 0 Å². The van der Waals surface area contributed by atoms with Crippen LogP contribution in [0.25, 0.3) is 0 Å². The molecule has 0 N–H and O–H groups in total. The minimum absolute atomic E-state index is 0.0990. The second-order valence-corrected chi connectivity index (χ2v) is 10.2. The highest BCUT2D eigenvalue weighted by Crippen LogP contribution is 2.49. The highest BCUT2D eigenvalue weighted by molar-refractivity contribution is 7.95. The van der Waals surface area contributed by atoms with Gasteiger partial charge < -0.3 is 4.74 Å². The highest BCUT2D eigenvalue weighted by atomic mass is 35.5. The molecule has 3 aromatic carbocycles. The van der Waals surface area contributed by atoms with Gasteiger partial charge in [-0.2, -0.15) is 13.2 Å². The van der Waals surface area contributed by atoms with Gasteiger partial charge in [-0.05, 0) is 36.8 Å². The first-order valence-electron chi connectivity index (χ1n) is 10.1. The lowest BCUT2D eigenvalue weighted by Crippen LogP contribution is -2.29. The Kier molecular flexibility index (Phi) is 6.31. The molecule has 0 radical (unpaired) electrons. The third kappa shape index (κ3) is 4.48. The lowest BCUT2D eigenvalue weighted by Gasteiger charge is -2.21. The predicted molar refractivity (Wildman–Crippen MR) is 121 cm³/mol. The largest absolute Gasteiger partial charge is 0.475 e. The number of aryl methyl sites for hydroxylation is 1. The van der Waals surface area contributed by atoms with Crippen molar-refractivity contribution in [2.24, 2.45) is 0 Å². The van der Waals surface area contributed by atoms with Crippen LogP contribution in [0, 0.1) is 6.92 Å². The molecule has 0 amide bonds. The fraction of sp³-hybridized carbons (Fsp3) is 0.160. The van der Waals surface area contributed by atoms with Crippen molar-refractivity contribution in [3.8, 4) is 0 Å². The zero-order valence-electron chi connectivity index (χ0n) is 17.7. The van der Waals surface area contributed by atoms with E-state index in [1.807, 2.05) is 0 Å². The second kappa shape index (κ2) is 8.92. The SMILES string of the molecule is Cc1ccc(S(=O)(=O)C2=C(C(F)(F)F)O[C@H](C(=O)c3ccccc3)[C@H]2c2ccc(Cl)cc2)cc1. The Balaban J connectivity index is 1.96. The van der Waals surface area contributed by atoms with E-state index in [2.05, 4.69) is 0 Å². The van der Waals surface area contributed by atoms with Gasteiger partial charge in [0.05, 0.1) is 10.8 Å². The Hall–Kier alpha value is -3.10. The molecule has 1 aliphatic rings. The molecule has 0 bridgehead atoms. The molecule has 9 heteroatoms. The van der Waals surface area contributed by atoms with Gasteiger partial charge in [0, 0.05) is 10.6 Å². The predicted octanol–water partition coefficient (Wildman–Crippen LogP) is 6.26. The maximum atomic E-state index is 14.1. The number of hydrogen-bond donors (Lipinski definition) is 0. The summed E-state index contributed by atoms with van der Waals surface area (Å²) in [5.41, 5.74) is 0.989. The summed E-state index contributed by atoms with van der Waals surface area (Å²) in [6.45, 7) is 1.72. The number of Topliss-reactive ketones (excluding diaryl/α,β-unsaturated/α-hetero) is 1. The first kappa shape index (κ1) is 24.0. The lowest BCUT2D eigenvalue weighted by atomic mass is 9.89. The minimum atomic E-state index is -5.15. The summed E-state index contributed by atoms with van der Waals surface area (Å²) in [5, 5.41) is 0.302.